The van der Waals surface area contributed by atoms with Gasteiger partial charge in [0, 0.05) is 20.1 Å². The van der Waals surface area contributed by atoms with E-state index < -0.39 is 0 Å². The van der Waals surface area contributed by atoms with Crippen LogP contribution < -0.4 is 5.56 Å². The monoisotopic (exact) mass is 375 g/mol. The number of likely N-dealkylation sites (tertiary alicyclic amines) is 1. The predicted molar refractivity (Wildman–Crippen MR) is 99.3 cm³/mol. The molecule has 0 aliphatic carbocycles. The molecule has 26 heavy (non-hydrogen) atoms. The van der Waals surface area contributed by atoms with Crippen LogP contribution in [0.5, 0.6) is 0 Å². The van der Waals surface area contributed by atoms with Crippen molar-refractivity contribution in [3.05, 3.63) is 34.6 Å². The van der Waals surface area contributed by atoms with Gasteiger partial charge < -0.3 is 4.74 Å². The van der Waals surface area contributed by atoms with E-state index >= 15 is 0 Å². The predicted octanol–water partition coefficient (Wildman–Crippen LogP) is 1.84. The molecule has 3 rings (SSSR count). The van der Waals surface area contributed by atoms with Crippen molar-refractivity contribution in [1.29, 1.82) is 0 Å². The number of para-hydroxylation sites is 1. The quantitative estimate of drug-likeness (QED) is 0.566. The zero-order valence-corrected chi connectivity index (χ0v) is 15.6. The van der Waals surface area contributed by atoms with Crippen molar-refractivity contribution in [3.63, 3.8) is 0 Å². The molecule has 1 aliphatic heterocycles. The Morgan fingerprint density at radius 3 is 2.81 bits per heavy atom. The van der Waals surface area contributed by atoms with Gasteiger partial charge in [0.15, 0.2) is 5.16 Å². The lowest BCUT2D eigenvalue weighted by Gasteiger charge is -2.19. The summed E-state index contributed by atoms with van der Waals surface area (Å²) in [4.78, 5) is 42.8. The molecule has 1 fully saturated rings. The minimum atomic E-state index is -0.245. The molecule has 0 saturated carbocycles. The number of hydrogen-bond donors (Lipinski definition) is 0. The van der Waals surface area contributed by atoms with Crippen molar-refractivity contribution in [2.75, 3.05) is 26.0 Å². The molecule has 1 atom stereocenters. The smallest absolute Gasteiger partial charge is 0.262 e. The SMILES string of the molecule is COC[C@H](C)n1c(SCC(=O)N2CCCC2=O)nc2ccccc2c1=O. The summed E-state index contributed by atoms with van der Waals surface area (Å²) < 4.78 is 6.75. The highest BCUT2D eigenvalue weighted by atomic mass is 32.2. The summed E-state index contributed by atoms with van der Waals surface area (Å²) in [6, 6.07) is 6.91. The fourth-order valence-electron chi connectivity index (χ4n) is 3.05. The maximum Gasteiger partial charge on any atom is 0.262 e. The van der Waals surface area contributed by atoms with Crippen molar-refractivity contribution in [2.24, 2.45) is 0 Å². The number of imide groups is 1. The van der Waals surface area contributed by atoms with Crippen LogP contribution in [-0.2, 0) is 14.3 Å². The number of ether oxygens (including phenoxy) is 1. The third-order valence-corrected chi connectivity index (χ3v) is 5.26. The molecule has 1 aromatic carbocycles. The molecule has 2 aromatic rings. The number of amides is 2. The second-order valence-corrected chi connectivity index (χ2v) is 7.16. The Morgan fingerprint density at radius 2 is 2.12 bits per heavy atom. The standard InChI is InChI=1S/C18H21N3O4S/c1-12(10-25-2)21-17(24)13-6-3-4-7-14(13)19-18(21)26-11-16(23)20-9-5-8-15(20)22/h3-4,6-7,12H,5,8-11H2,1-2H3/t12-/m0/s1. The van der Waals surface area contributed by atoms with Crippen molar-refractivity contribution in [1.82, 2.24) is 14.5 Å². The lowest BCUT2D eigenvalue weighted by molar-refractivity contribution is -0.140. The van der Waals surface area contributed by atoms with Crippen LogP contribution in [0.25, 0.3) is 10.9 Å². The van der Waals surface area contributed by atoms with Crippen LogP contribution in [0.4, 0.5) is 0 Å². The minimum absolute atomic E-state index is 0.0657. The van der Waals surface area contributed by atoms with Crippen molar-refractivity contribution < 1.29 is 14.3 Å². The second-order valence-electron chi connectivity index (χ2n) is 6.22. The van der Waals surface area contributed by atoms with Gasteiger partial charge in [-0.2, -0.15) is 0 Å². The van der Waals surface area contributed by atoms with Gasteiger partial charge in [-0.1, -0.05) is 23.9 Å². The Kier molecular flexibility index (Phi) is 5.73. The summed E-state index contributed by atoms with van der Waals surface area (Å²) in [5.74, 6) is -0.311. The molecule has 0 bridgehead atoms. The summed E-state index contributed by atoms with van der Waals surface area (Å²) in [5.41, 5.74) is 0.429. The van der Waals surface area contributed by atoms with Gasteiger partial charge in [0.05, 0.1) is 29.3 Å². The maximum absolute atomic E-state index is 12.9. The summed E-state index contributed by atoms with van der Waals surface area (Å²) >= 11 is 1.18. The fraction of sp³-hybridized carbons (Fsp3) is 0.444. The molecule has 8 heteroatoms. The molecule has 138 valence electrons. The number of carbonyl (C=O) groups is 2. The molecular formula is C18H21N3O4S. The van der Waals surface area contributed by atoms with E-state index in [9.17, 15) is 14.4 Å². The molecule has 7 nitrogen and oxygen atoms in total. The average Bonchev–Trinajstić information content (AvgIpc) is 3.06. The number of hydrogen-bond acceptors (Lipinski definition) is 6. The molecule has 2 amide bonds. The summed E-state index contributed by atoms with van der Waals surface area (Å²) in [6.45, 7) is 2.69. The molecule has 0 unspecified atom stereocenters. The van der Waals surface area contributed by atoms with Crippen molar-refractivity contribution in [3.8, 4) is 0 Å². The first-order valence-electron chi connectivity index (χ1n) is 8.49. The van der Waals surface area contributed by atoms with E-state index in [1.807, 2.05) is 13.0 Å². The van der Waals surface area contributed by atoms with E-state index in [1.165, 1.54) is 16.7 Å². The molecule has 1 aromatic heterocycles. The third-order valence-electron chi connectivity index (χ3n) is 4.32. The number of nitrogens with zero attached hydrogens (tertiary/aromatic N) is 3. The Labute approximate surface area is 155 Å². The van der Waals surface area contributed by atoms with Crippen molar-refractivity contribution >= 4 is 34.5 Å². The molecule has 0 N–H and O–H groups in total. The van der Waals surface area contributed by atoms with Gasteiger partial charge in [-0.25, -0.2) is 4.98 Å². The van der Waals surface area contributed by atoms with Gasteiger partial charge in [0.1, 0.15) is 0 Å². The van der Waals surface area contributed by atoms with Gasteiger partial charge in [0.25, 0.3) is 5.56 Å². The Hall–Kier alpha value is -2.19. The van der Waals surface area contributed by atoms with Gasteiger partial charge in [-0.3, -0.25) is 23.9 Å². The summed E-state index contributed by atoms with van der Waals surface area (Å²) in [6.07, 6.45) is 1.12. The lowest BCUT2D eigenvalue weighted by Crippen LogP contribution is -2.34. The van der Waals surface area contributed by atoms with Gasteiger partial charge in [-0.05, 0) is 25.5 Å². The third kappa shape index (κ3) is 3.66. The van der Waals surface area contributed by atoms with Crippen molar-refractivity contribution in [2.45, 2.75) is 31.0 Å². The minimum Gasteiger partial charge on any atom is -0.383 e. The number of methoxy groups -OCH3 is 1. The van der Waals surface area contributed by atoms with Gasteiger partial charge >= 0.3 is 0 Å². The Balaban J connectivity index is 1.92. The van der Waals surface area contributed by atoms with Crippen LogP contribution in [-0.4, -0.2) is 52.3 Å². The molecule has 0 radical (unpaired) electrons. The van der Waals surface area contributed by atoms with Crippen LogP contribution >= 0.6 is 11.8 Å². The highest BCUT2D eigenvalue weighted by Crippen LogP contribution is 2.22. The first kappa shape index (κ1) is 18.6. The zero-order valence-electron chi connectivity index (χ0n) is 14.8. The number of rotatable bonds is 6. The molecular weight excluding hydrogens is 354 g/mol. The lowest BCUT2D eigenvalue weighted by atomic mass is 10.2. The average molecular weight is 375 g/mol. The summed E-state index contributed by atoms with van der Waals surface area (Å²) in [7, 11) is 1.57. The first-order valence-corrected chi connectivity index (χ1v) is 9.47. The molecule has 2 heterocycles. The Bertz CT molecular complexity index is 896. The van der Waals surface area contributed by atoms with Crippen LogP contribution in [0.1, 0.15) is 25.8 Å². The van der Waals surface area contributed by atoms with E-state index in [0.717, 1.165) is 0 Å². The summed E-state index contributed by atoms with van der Waals surface area (Å²) in [5, 5.41) is 0.985. The van der Waals surface area contributed by atoms with E-state index in [4.69, 9.17) is 4.74 Å². The second kappa shape index (κ2) is 8.01. The number of fused-ring (bicyclic) bond motifs is 1. The van der Waals surface area contributed by atoms with Crippen LogP contribution in [0.15, 0.2) is 34.2 Å². The topological polar surface area (TPSA) is 81.5 Å². The fourth-order valence-corrected chi connectivity index (χ4v) is 4.02. The normalized spacial score (nSPS) is 15.6. The Morgan fingerprint density at radius 1 is 1.35 bits per heavy atom. The van der Waals surface area contributed by atoms with E-state index in [1.54, 1.807) is 29.9 Å². The van der Waals surface area contributed by atoms with Crippen LogP contribution in [0.3, 0.4) is 0 Å². The zero-order chi connectivity index (χ0) is 18.7. The number of aromatic nitrogens is 2. The van der Waals surface area contributed by atoms with Gasteiger partial charge in [0.2, 0.25) is 11.8 Å². The van der Waals surface area contributed by atoms with Crippen LogP contribution in [0, 0.1) is 0 Å². The molecule has 0 spiro atoms. The number of thioether (sulfide) groups is 1. The van der Waals surface area contributed by atoms with E-state index in [-0.39, 0.29) is 29.2 Å². The highest BCUT2D eigenvalue weighted by molar-refractivity contribution is 7.99. The van der Waals surface area contributed by atoms with E-state index in [0.29, 0.717) is 42.1 Å². The largest absolute Gasteiger partial charge is 0.383 e. The maximum atomic E-state index is 12.9. The van der Waals surface area contributed by atoms with Gasteiger partial charge in [-0.15, -0.1) is 0 Å². The molecule has 1 saturated heterocycles. The highest BCUT2D eigenvalue weighted by Gasteiger charge is 2.27. The van der Waals surface area contributed by atoms with E-state index in [2.05, 4.69) is 4.98 Å². The number of benzene rings is 1. The first-order chi connectivity index (χ1) is 12.5. The number of carbonyl (C=O) groups excluding carboxylic acids is 2. The van der Waals surface area contributed by atoms with Crippen LogP contribution in [0.2, 0.25) is 0 Å². The molecule has 1 aliphatic rings.